The normalized spacial score (nSPS) is 16.6. The molecule has 1 aliphatic carbocycles. The molecule has 0 amide bonds. The molecule has 4 nitrogen and oxygen atoms in total. The summed E-state index contributed by atoms with van der Waals surface area (Å²) in [7, 11) is 0. The number of para-hydroxylation sites is 1. The molecule has 8 aromatic rings. The molecular weight excluding hydrogens is 707 g/mol. The smallest absolute Gasteiger partial charge is 0.160 e. The summed E-state index contributed by atoms with van der Waals surface area (Å²) in [6, 6.07) is 34.0. The zero-order valence-electron chi connectivity index (χ0n) is 36.6. The topological polar surface area (TPSA) is 46.8 Å². The average molecular weight is 764 g/mol. The zero-order chi connectivity index (χ0) is 41.4. The van der Waals surface area contributed by atoms with Crippen molar-refractivity contribution in [3.05, 3.63) is 125 Å². The number of hydrogen-bond acceptors (Lipinski definition) is 2. The van der Waals surface area contributed by atoms with Crippen molar-refractivity contribution in [2.75, 3.05) is 0 Å². The van der Waals surface area contributed by atoms with Crippen LogP contribution in [-0.2, 0) is 16.2 Å². The average Bonchev–Trinajstić information content (AvgIpc) is 3.80. The number of nitriles is 1. The van der Waals surface area contributed by atoms with Crippen LogP contribution in [0, 0.1) is 22.7 Å². The summed E-state index contributed by atoms with van der Waals surface area (Å²) < 4.78 is 11.7. The Hall–Kier alpha value is -5.53. The minimum atomic E-state index is -0.0259. The minimum absolute atomic E-state index is 0.00972. The first kappa shape index (κ1) is 38.0. The van der Waals surface area contributed by atoms with Crippen molar-refractivity contribution >= 4 is 60.7 Å². The van der Waals surface area contributed by atoms with Gasteiger partial charge in [0.25, 0.3) is 0 Å². The molecule has 2 unspecified atom stereocenters. The van der Waals surface area contributed by atoms with Crippen molar-refractivity contribution in [1.29, 1.82) is 5.26 Å². The van der Waals surface area contributed by atoms with E-state index in [0.29, 0.717) is 11.5 Å². The van der Waals surface area contributed by atoms with E-state index in [1.165, 1.54) is 44.1 Å². The van der Waals surface area contributed by atoms with Gasteiger partial charge in [-0.25, -0.2) is 0 Å². The van der Waals surface area contributed by atoms with Gasteiger partial charge < -0.3 is 13.6 Å². The maximum absolute atomic E-state index is 11.3. The second-order valence-electron chi connectivity index (χ2n) is 21.2. The first-order chi connectivity index (χ1) is 27.2. The third-order valence-corrected chi connectivity index (χ3v) is 13.1. The van der Waals surface area contributed by atoms with Crippen LogP contribution in [0.1, 0.15) is 129 Å². The van der Waals surface area contributed by atoms with Crippen LogP contribution in [0.4, 0.5) is 0 Å². The number of benzene rings is 5. The number of aromatic nitrogens is 2. The maximum atomic E-state index is 11.3. The Kier molecular flexibility index (Phi) is 8.18. The van der Waals surface area contributed by atoms with Crippen LogP contribution in [0.15, 0.2) is 95.4 Å². The molecule has 58 heavy (non-hydrogen) atoms. The summed E-state index contributed by atoms with van der Waals surface area (Å²) in [5.41, 5.74) is 13.7. The first-order valence-corrected chi connectivity index (χ1v) is 21.0. The number of rotatable bonds is 2. The van der Waals surface area contributed by atoms with Gasteiger partial charge in [0, 0.05) is 21.5 Å². The molecule has 2 atom stereocenters. The lowest BCUT2D eigenvalue weighted by molar-refractivity contribution is 0.259. The minimum Gasteiger partial charge on any atom is -0.454 e. The standard InChI is InChI=1S/C54H57N3O/c1-31-40(54(11,12)13)21-25-44-48(31)38-28-34(53(8,9)10)20-24-43(38)57(44)46-29-45(39(30-55)49-35-16-14-15-17-47(35)58-50(46)49)56-41-22-18-32(51(2,3)4)26-36(41)37-27-33(52(5,6)7)19-23-42(37)56/h14-29,31,40H,1-13H3. The molecule has 3 heterocycles. The van der Waals surface area contributed by atoms with Crippen LogP contribution < -0.4 is 0 Å². The van der Waals surface area contributed by atoms with Crippen LogP contribution in [0.2, 0.25) is 0 Å². The van der Waals surface area contributed by atoms with E-state index in [9.17, 15) is 5.26 Å². The van der Waals surface area contributed by atoms with Crippen molar-refractivity contribution in [2.24, 2.45) is 11.3 Å². The lowest BCUT2D eigenvalue weighted by Crippen LogP contribution is -2.26. The van der Waals surface area contributed by atoms with Crippen LogP contribution >= 0.6 is 0 Å². The van der Waals surface area contributed by atoms with Gasteiger partial charge in [-0.1, -0.05) is 132 Å². The fraction of sp³-hybridized carbons (Fsp3) is 0.352. The van der Waals surface area contributed by atoms with E-state index in [4.69, 9.17) is 4.42 Å². The number of furan rings is 1. The van der Waals surface area contributed by atoms with Gasteiger partial charge >= 0.3 is 0 Å². The summed E-state index contributed by atoms with van der Waals surface area (Å²) in [6.45, 7) is 30.0. The molecule has 4 heteroatoms. The van der Waals surface area contributed by atoms with Gasteiger partial charge in [0.2, 0.25) is 0 Å². The molecule has 0 radical (unpaired) electrons. The Morgan fingerprint density at radius 1 is 0.586 bits per heavy atom. The lowest BCUT2D eigenvalue weighted by atomic mass is 9.69. The van der Waals surface area contributed by atoms with Gasteiger partial charge in [-0.3, -0.25) is 0 Å². The quantitative estimate of drug-likeness (QED) is 0.176. The van der Waals surface area contributed by atoms with Gasteiger partial charge in [0.05, 0.1) is 44.6 Å². The summed E-state index contributed by atoms with van der Waals surface area (Å²) >= 11 is 0. The lowest BCUT2D eigenvalue weighted by Gasteiger charge is -2.36. The van der Waals surface area contributed by atoms with Crippen molar-refractivity contribution < 1.29 is 4.42 Å². The molecule has 0 saturated heterocycles. The molecule has 294 valence electrons. The SMILES string of the molecule is CC1c2c(n(-c3cc(-n4c5ccc(C(C)(C)C)cc5c5cc(C(C)(C)C)ccc54)c(C#N)c4c3oc3ccccc34)c3ccc(C(C)(C)C)cc23)C=CC1C(C)(C)C. The summed E-state index contributed by atoms with van der Waals surface area (Å²) in [5.74, 6) is 0.656. The highest BCUT2D eigenvalue weighted by molar-refractivity contribution is 6.15. The van der Waals surface area contributed by atoms with Crippen LogP contribution in [0.3, 0.4) is 0 Å². The number of allylic oxidation sites excluding steroid dienone is 1. The molecule has 0 spiro atoms. The fourth-order valence-corrected chi connectivity index (χ4v) is 9.82. The second-order valence-corrected chi connectivity index (χ2v) is 21.2. The Balaban J connectivity index is 1.46. The molecule has 0 N–H and O–H groups in total. The van der Waals surface area contributed by atoms with Gasteiger partial charge in [0.1, 0.15) is 11.7 Å². The van der Waals surface area contributed by atoms with Crippen LogP contribution in [0.5, 0.6) is 0 Å². The Labute approximate surface area is 343 Å². The fourth-order valence-electron chi connectivity index (χ4n) is 9.82. The van der Waals surface area contributed by atoms with E-state index in [1.807, 2.05) is 18.2 Å². The number of hydrogen-bond donors (Lipinski definition) is 0. The first-order valence-electron chi connectivity index (χ1n) is 21.0. The molecule has 3 aromatic heterocycles. The highest BCUT2D eigenvalue weighted by Crippen LogP contribution is 2.50. The number of fused-ring (bicyclic) bond motifs is 9. The van der Waals surface area contributed by atoms with E-state index in [2.05, 4.69) is 184 Å². The van der Waals surface area contributed by atoms with Crippen molar-refractivity contribution in [2.45, 2.75) is 112 Å². The second kappa shape index (κ2) is 12.5. The van der Waals surface area contributed by atoms with Crippen molar-refractivity contribution in [3.8, 4) is 17.4 Å². The molecule has 1 aliphatic rings. The van der Waals surface area contributed by atoms with E-state index in [0.717, 1.165) is 49.9 Å². The monoisotopic (exact) mass is 763 g/mol. The Morgan fingerprint density at radius 2 is 1.10 bits per heavy atom. The van der Waals surface area contributed by atoms with Crippen LogP contribution in [-0.4, -0.2) is 9.13 Å². The molecule has 0 aliphatic heterocycles. The molecule has 9 rings (SSSR count). The summed E-state index contributed by atoms with van der Waals surface area (Å²) in [6.07, 6.45) is 4.79. The summed E-state index contributed by atoms with van der Waals surface area (Å²) in [4.78, 5) is 0. The van der Waals surface area contributed by atoms with E-state index >= 15 is 0 Å². The van der Waals surface area contributed by atoms with Crippen molar-refractivity contribution in [3.63, 3.8) is 0 Å². The summed E-state index contributed by atoms with van der Waals surface area (Å²) in [5, 5.41) is 16.8. The Bertz CT molecular complexity index is 3000. The van der Waals surface area contributed by atoms with Crippen molar-refractivity contribution in [1.82, 2.24) is 9.13 Å². The largest absolute Gasteiger partial charge is 0.454 e. The van der Waals surface area contributed by atoms with Crippen LogP contribution in [0.25, 0.3) is 72.1 Å². The highest BCUT2D eigenvalue weighted by atomic mass is 16.3. The van der Waals surface area contributed by atoms with Gasteiger partial charge in [-0.2, -0.15) is 5.26 Å². The highest BCUT2D eigenvalue weighted by Gasteiger charge is 2.36. The van der Waals surface area contributed by atoms with Gasteiger partial charge in [-0.05, 0) is 110 Å². The predicted molar refractivity (Wildman–Crippen MR) is 246 cm³/mol. The van der Waals surface area contributed by atoms with E-state index < -0.39 is 0 Å². The molecule has 0 saturated carbocycles. The zero-order valence-corrected chi connectivity index (χ0v) is 36.6. The molecular formula is C54H57N3O. The predicted octanol–water partition coefficient (Wildman–Crippen LogP) is 15.2. The third kappa shape index (κ3) is 5.68. The Morgan fingerprint density at radius 3 is 1.62 bits per heavy atom. The molecule has 0 bridgehead atoms. The van der Waals surface area contributed by atoms with Gasteiger partial charge in [-0.15, -0.1) is 0 Å². The van der Waals surface area contributed by atoms with Gasteiger partial charge in [0.15, 0.2) is 5.58 Å². The van der Waals surface area contributed by atoms with E-state index in [-0.39, 0.29) is 27.6 Å². The number of nitrogens with zero attached hydrogens (tertiary/aromatic N) is 3. The molecule has 0 fully saturated rings. The van der Waals surface area contributed by atoms with E-state index in [1.54, 1.807) is 0 Å². The maximum Gasteiger partial charge on any atom is 0.160 e. The third-order valence-electron chi connectivity index (χ3n) is 13.1. The molecule has 5 aromatic carbocycles.